The number of anilines is 2. The van der Waals surface area contributed by atoms with E-state index in [2.05, 4.69) is 22.1 Å². The van der Waals surface area contributed by atoms with Crippen molar-refractivity contribution < 1.29 is 9.28 Å². The number of nitrogens with two attached hydrogens (primary N) is 1. The number of carbonyl (C=O) groups is 1. The summed E-state index contributed by atoms with van der Waals surface area (Å²) in [7, 11) is 6.05. The van der Waals surface area contributed by atoms with E-state index in [-0.39, 0.29) is 12.3 Å². The van der Waals surface area contributed by atoms with Crippen molar-refractivity contribution in [2.45, 2.75) is 27.2 Å². The molecule has 0 fully saturated rings. The molecule has 0 saturated heterocycles. The second-order valence-corrected chi connectivity index (χ2v) is 6.03. The number of nitrogens with zero attached hydrogens (tertiary/aromatic N) is 2. The zero-order valence-electron chi connectivity index (χ0n) is 14.2. The number of pyridine rings is 1. The van der Waals surface area contributed by atoms with Crippen molar-refractivity contribution in [2.24, 2.45) is 0 Å². The maximum atomic E-state index is 12.1. The monoisotopic (exact) mass is 301 g/mol. The second-order valence-electron chi connectivity index (χ2n) is 6.03. The number of quaternary nitrogens is 1. The molecule has 5 nitrogen and oxygen atoms in total. The Balaban J connectivity index is 2.86. The maximum Gasteiger partial charge on any atom is 0.228 e. The fourth-order valence-corrected chi connectivity index (χ4v) is 1.88. The van der Waals surface area contributed by atoms with E-state index in [1.165, 1.54) is 0 Å². The fourth-order valence-electron chi connectivity index (χ4n) is 1.88. The number of allylic oxidation sites excluding steroid dienone is 1. The Morgan fingerprint density at radius 1 is 1.41 bits per heavy atom. The van der Waals surface area contributed by atoms with E-state index in [0.29, 0.717) is 15.9 Å². The number of nitrogen functional groups attached to an aromatic ring is 1. The van der Waals surface area contributed by atoms with Crippen molar-refractivity contribution >= 4 is 17.3 Å². The van der Waals surface area contributed by atoms with Crippen LogP contribution in [0.2, 0.25) is 0 Å². The molecular weight excluding hydrogens is 276 g/mol. The average molecular weight is 301 g/mol. The van der Waals surface area contributed by atoms with Gasteiger partial charge in [-0.05, 0) is 38.3 Å². The lowest BCUT2D eigenvalue weighted by atomic mass is 10.1. The lowest BCUT2D eigenvalue weighted by Gasteiger charge is -2.22. The van der Waals surface area contributed by atoms with Crippen LogP contribution in [0.15, 0.2) is 18.0 Å². The van der Waals surface area contributed by atoms with E-state index in [0.717, 1.165) is 17.0 Å². The predicted molar refractivity (Wildman–Crippen MR) is 90.9 cm³/mol. The first kappa shape index (κ1) is 17.7. The van der Waals surface area contributed by atoms with Crippen LogP contribution >= 0.6 is 0 Å². The number of aryl methyl sites for hydroxylation is 1. The molecule has 0 saturated carbocycles. The normalized spacial score (nSPS) is 11.6. The quantitative estimate of drug-likeness (QED) is 0.662. The molecular formula is C17H25N4O+. The summed E-state index contributed by atoms with van der Waals surface area (Å²) in [6.07, 6.45) is 3.74. The Hall–Kier alpha value is -2.32. The Kier molecular flexibility index (Phi) is 5.72. The van der Waals surface area contributed by atoms with E-state index in [1.807, 2.05) is 41.1 Å². The lowest BCUT2D eigenvalue weighted by Crippen LogP contribution is -2.32. The molecule has 3 N–H and O–H groups in total. The van der Waals surface area contributed by atoms with Crippen LogP contribution in [-0.2, 0) is 4.79 Å². The summed E-state index contributed by atoms with van der Waals surface area (Å²) >= 11 is 0. The van der Waals surface area contributed by atoms with Gasteiger partial charge in [-0.3, -0.25) is 14.3 Å². The van der Waals surface area contributed by atoms with Gasteiger partial charge in [-0.1, -0.05) is 5.92 Å². The third kappa shape index (κ3) is 4.61. The molecule has 22 heavy (non-hydrogen) atoms. The van der Waals surface area contributed by atoms with Gasteiger partial charge in [0.25, 0.3) is 0 Å². The summed E-state index contributed by atoms with van der Waals surface area (Å²) in [4.78, 5) is 16.3. The Morgan fingerprint density at radius 3 is 2.59 bits per heavy atom. The third-order valence-corrected chi connectivity index (χ3v) is 3.32. The third-order valence-electron chi connectivity index (χ3n) is 3.32. The van der Waals surface area contributed by atoms with Crippen molar-refractivity contribution in [1.82, 2.24) is 4.98 Å². The molecule has 0 atom stereocenters. The molecule has 1 aromatic rings. The van der Waals surface area contributed by atoms with Crippen LogP contribution in [0.5, 0.6) is 0 Å². The zero-order chi connectivity index (χ0) is 16.9. The number of hydrogen-bond acceptors (Lipinski definition) is 3. The molecule has 1 rings (SSSR count). The molecule has 1 amide bonds. The van der Waals surface area contributed by atoms with Crippen molar-refractivity contribution in [3.63, 3.8) is 0 Å². The van der Waals surface area contributed by atoms with Gasteiger partial charge in [-0.15, -0.1) is 0 Å². The van der Waals surface area contributed by atoms with E-state index in [9.17, 15) is 4.79 Å². The van der Waals surface area contributed by atoms with Crippen LogP contribution in [0, 0.1) is 25.7 Å². The highest BCUT2D eigenvalue weighted by atomic mass is 16.1. The highest BCUT2D eigenvalue weighted by Crippen LogP contribution is 2.22. The van der Waals surface area contributed by atoms with Crippen LogP contribution in [0.4, 0.5) is 11.4 Å². The number of aromatic nitrogens is 1. The van der Waals surface area contributed by atoms with Crippen LogP contribution in [-0.4, -0.2) is 36.5 Å². The van der Waals surface area contributed by atoms with Crippen molar-refractivity contribution in [3.8, 4) is 11.8 Å². The SMILES string of the molecule is CC#C/C(=C\CC(=O)Nc1cnc(C)c(N)c1C)[N+](C)(C)C. The first-order valence-electron chi connectivity index (χ1n) is 7.13. The standard InChI is InChI=1S/C17H24N4O/c1-7-8-14(21(4,5)6)9-10-16(22)20-15-11-19-13(3)17(18)12(15)2/h9,11H,10,18H2,1-6H3/p+1/b14-9+. The van der Waals surface area contributed by atoms with Crippen molar-refractivity contribution in [2.75, 3.05) is 32.2 Å². The summed E-state index contributed by atoms with van der Waals surface area (Å²) in [5.41, 5.74) is 9.69. The molecule has 1 aromatic heterocycles. The molecule has 0 bridgehead atoms. The number of rotatable bonds is 4. The van der Waals surface area contributed by atoms with Gasteiger partial charge >= 0.3 is 0 Å². The molecule has 0 spiro atoms. The van der Waals surface area contributed by atoms with Crippen LogP contribution in [0.1, 0.15) is 24.6 Å². The number of carbonyl (C=O) groups excluding carboxylic acids is 1. The highest BCUT2D eigenvalue weighted by molar-refractivity contribution is 5.93. The van der Waals surface area contributed by atoms with Gasteiger partial charge in [0.15, 0.2) is 5.70 Å². The van der Waals surface area contributed by atoms with Gasteiger partial charge in [-0.25, -0.2) is 0 Å². The van der Waals surface area contributed by atoms with Gasteiger partial charge in [0.05, 0.1) is 50.8 Å². The molecule has 1 heterocycles. The molecule has 118 valence electrons. The Morgan fingerprint density at radius 2 is 2.05 bits per heavy atom. The summed E-state index contributed by atoms with van der Waals surface area (Å²) < 4.78 is 0.576. The lowest BCUT2D eigenvalue weighted by molar-refractivity contribution is -0.827. The van der Waals surface area contributed by atoms with Crippen LogP contribution in [0.3, 0.4) is 0 Å². The minimum Gasteiger partial charge on any atom is -0.397 e. The van der Waals surface area contributed by atoms with E-state index in [4.69, 9.17) is 5.73 Å². The van der Waals surface area contributed by atoms with E-state index in [1.54, 1.807) is 13.1 Å². The number of amides is 1. The minimum absolute atomic E-state index is 0.114. The average Bonchev–Trinajstić information content (AvgIpc) is 2.43. The molecule has 0 radical (unpaired) electrons. The van der Waals surface area contributed by atoms with Gasteiger partial charge in [-0.2, -0.15) is 0 Å². The Bertz CT molecular complexity index is 658. The summed E-state index contributed by atoms with van der Waals surface area (Å²) in [5, 5.41) is 2.85. The van der Waals surface area contributed by atoms with Crippen LogP contribution < -0.4 is 11.1 Å². The minimum atomic E-state index is -0.114. The first-order chi connectivity index (χ1) is 10.2. The molecule has 0 aliphatic heterocycles. The summed E-state index contributed by atoms with van der Waals surface area (Å²) in [6.45, 7) is 5.50. The zero-order valence-corrected chi connectivity index (χ0v) is 14.2. The topological polar surface area (TPSA) is 68.0 Å². The van der Waals surface area contributed by atoms with Gasteiger partial charge in [0, 0.05) is 0 Å². The second kappa shape index (κ2) is 7.10. The van der Waals surface area contributed by atoms with E-state index < -0.39 is 0 Å². The molecule has 5 heteroatoms. The van der Waals surface area contributed by atoms with Crippen molar-refractivity contribution in [3.05, 3.63) is 29.2 Å². The highest BCUT2D eigenvalue weighted by Gasteiger charge is 2.15. The van der Waals surface area contributed by atoms with Crippen molar-refractivity contribution in [1.29, 1.82) is 0 Å². The molecule has 0 aliphatic carbocycles. The smallest absolute Gasteiger partial charge is 0.228 e. The molecule has 0 aliphatic rings. The van der Waals surface area contributed by atoms with Crippen LogP contribution in [0.25, 0.3) is 0 Å². The summed E-state index contributed by atoms with van der Waals surface area (Å²) in [6, 6.07) is 0. The summed E-state index contributed by atoms with van der Waals surface area (Å²) in [5.74, 6) is 5.81. The largest absolute Gasteiger partial charge is 0.397 e. The number of nitrogens with one attached hydrogen (secondary N) is 1. The fraction of sp³-hybridized carbons (Fsp3) is 0.412. The maximum absolute atomic E-state index is 12.1. The van der Waals surface area contributed by atoms with Gasteiger partial charge in [0.2, 0.25) is 5.91 Å². The van der Waals surface area contributed by atoms with Gasteiger partial charge in [0.1, 0.15) is 0 Å². The molecule has 0 unspecified atom stereocenters. The number of hydrogen-bond donors (Lipinski definition) is 2. The first-order valence-corrected chi connectivity index (χ1v) is 7.13. The molecule has 0 aromatic carbocycles. The Labute approximate surface area is 132 Å². The van der Waals surface area contributed by atoms with E-state index >= 15 is 0 Å². The van der Waals surface area contributed by atoms with Gasteiger partial charge < -0.3 is 11.1 Å². The predicted octanol–water partition coefficient (Wildman–Crippen LogP) is 2.22.